The van der Waals surface area contributed by atoms with Crippen molar-refractivity contribution in [1.82, 2.24) is 0 Å². The van der Waals surface area contributed by atoms with E-state index in [1.165, 1.54) is 12.1 Å². The second kappa shape index (κ2) is 14.3. The van der Waals surface area contributed by atoms with Gasteiger partial charge < -0.3 is 34.2 Å². The third-order valence-corrected chi connectivity index (χ3v) is 5.57. The molecule has 11 nitrogen and oxygen atoms in total. The van der Waals surface area contributed by atoms with Gasteiger partial charge in [0.05, 0.1) is 5.92 Å². The molecule has 2 N–H and O–H groups in total. The Morgan fingerprint density at radius 2 is 1.18 bits per heavy atom. The van der Waals surface area contributed by atoms with Gasteiger partial charge in [-0.2, -0.15) is 0 Å². The first-order chi connectivity index (χ1) is 18.2. The van der Waals surface area contributed by atoms with E-state index in [2.05, 4.69) is 0 Å². The van der Waals surface area contributed by atoms with Crippen molar-refractivity contribution in [3.05, 3.63) is 23.8 Å². The third kappa shape index (κ3) is 12.7. The maximum atomic E-state index is 12.7. The quantitative estimate of drug-likeness (QED) is 0.222. The SMILES string of the molecule is CC(C)C(C)C(=O)OC(C)[C@H](C)OC(=O)[C@@H](N)Cc1ccc(OC(=O)OC(C)(C)C)c(OC(=O)OC(C)(C)C)c1. The minimum Gasteiger partial charge on any atom is -0.459 e. The number of carbonyl (C=O) groups is 4. The summed E-state index contributed by atoms with van der Waals surface area (Å²) in [7, 11) is 0. The highest BCUT2D eigenvalue weighted by molar-refractivity contribution is 5.76. The van der Waals surface area contributed by atoms with Crippen LogP contribution in [0, 0.1) is 11.8 Å². The Bertz CT molecular complexity index is 1040. The first-order valence-electron chi connectivity index (χ1n) is 13.3. The Morgan fingerprint density at radius 1 is 0.725 bits per heavy atom. The summed E-state index contributed by atoms with van der Waals surface area (Å²) < 4.78 is 31.8. The van der Waals surface area contributed by atoms with Gasteiger partial charge in [-0.05, 0) is 85.4 Å². The van der Waals surface area contributed by atoms with E-state index in [1.54, 1.807) is 68.4 Å². The van der Waals surface area contributed by atoms with Crippen molar-refractivity contribution in [3.8, 4) is 11.5 Å². The van der Waals surface area contributed by atoms with Crippen molar-refractivity contribution < 1.29 is 47.6 Å². The van der Waals surface area contributed by atoms with E-state index >= 15 is 0 Å². The molecule has 0 aliphatic heterocycles. The van der Waals surface area contributed by atoms with Crippen LogP contribution in [-0.2, 0) is 35.0 Å². The summed E-state index contributed by atoms with van der Waals surface area (Å²) in [5.41, 5.74) is 4.93. The summed E-state index contributed by atoms with van der Waals surface area (Å²) >= 11 is 0. The van der Waals surface area contributed by atoms with Crippen molar-refractivity contribution in [2.24, 2.45) is 17.6 Å². The summed E-state index contributed by atoms with van der Waals surface area (Å²) in [6, 6.07) is 3.25. The molecule has 0 bridgehead atoms. The number of hydrogen-bond acceptors (Lipinski definition) is 11. The number of ether oxygens (including phenoxy) is 6. The molecule has 0 amide bonds. The van der Waals surface area contributed by atoms with Gasteiger partial charge in [0.25, 0.3) is 0 Å². The highest BCUT2D eigenvalue weighted by atomic mass is 16.8. The van der Waals surface area contributed by atoms with Gasteiger partial charge in [0, 0.05) is 0 Å². The molecule has 1 aromatic rings. The van der Waals surface area contributed by atoms with Gasteiger partial charge >= 0.3 is 24.2 Å². The first-order valence-corrected chi connectivity index (χ1v) is 13.3. The van der Waals surface area contributed by atoms with Gasteiger partial charge in [-0.3, -0.25) is 9.59 Å². The molecule has 1 aromatic carbocycles. The summed E-state index contributed by atoms with van der Waals surface area (Å²) in [5, 5.41) is 0. The van der Waals surface area contributed by atoms with Gasteiger partial charge in [0.1, 0.15) is 29.5 Å². The Balaban J connectivity index is 2.99. The summed E-state index contributed by atoms with van der Waals surface area (Å²) in [6.45, 7) is 18.9. The lowest BCUT2D eigenvalue weighted by Crippen LogP contribution is -2.40. The van der Waals surface area contributed by atoms with E-state index in [0.717, 1.165) is 0 Å². The van der Waals surface area contributed by atoms with Crippen LogP contribution in [0.15, 0.2) is 18.2 Å². The molecule has 4 atom stereocenters. The van der Waals surface area contributed by atoms with E-state index in [0.29, 0.717) is 5.56 Å². The summed E-state index contributed by atoms with van der Waals surface area (Å²) in [4.78, 5) is 49.5. The molecule has 2 unspecified atom stereocenters. The van der Waals surface area contributed by atoms with E-state index in [9.17, 15) is 19.2 Å². The number of nitrogens with two attached hydrogens (primary N) is 1. The molecule has 0 saturated heterocycles. The molecule has 0 fully saturated rings. The Kier molecular flexibility index (Phi) is 12.4. The number of esters is 2. The fraction of sp³-hybridized carbons (Fsp3) is 0.655. The van der Waals surface area contributed by atoms with Crippen molar-refractivity contribution in [3.63, 3.8) is 0 Å². The Hall–Kier alpha value is -3.34. The van der Waals surface area contributed by atoms with Crippen LogP contribution in [0.4, 0.5) is 9.59 Å². The summed E-state index contributed by atoms with van der Waals surface area (Å²) in [6.07, 6.45) is -3.44. The zero-order valence-electron chi connectivity index (χ0n) is 25.5. The lowest BCUT2D eigenvalue weighted by Gasteiger charge is -2.24. The molecule has 11 heteroatoms. The molecule has 40 heavy (non-hydrogen) atoms. The van der Waals surface area contributed by atoms with Crippen LogP contribution in [0.2, 0.25) is 0 Å². The van der Waals surface area contributed by atoms with Crippen LogP contribution in [0.5, 0.6) is 11.5 Å². The Morgan fingerprint density at radius 3 is 1.62 bits per heavy atom. The Labute approximate surface area is 236 Å². The number of rotatable bonds is 10. The minimum atomic E-state index is -1.09. The standard InChI is InChI=1S/C29H45NO10/c1-16(2)17(3)24(31)35-18(4)19(5)36-25(32)21(30)14-20-12-13-22(37-26(33)39-28(6,7)8)23(15-20)38-27(34)40-29(9,10)11/h12-13,15-19,21H,14,30H2,1-11H3/t17?,18?,19-,21-/m0/s1. The van der Waals surface area contributed by atoms with Gasteiger partial charge in [-0.15, -0.1) is 0 Å². The van der Waals surface area contributed by atoms with Gasteiger partial charge in [0.2, 0.25) is 0 Å². The fourth-order valence-electron chi connectivity index (χ4n) is 2.93. The van der Waals surface area contributed by atoms with Crippen LogP contribution in [0.1, 0.15) is 81.7 Å². The van der Waals surface area contributed by atoms with Crippen LogP contribution in [0.3, 0.4) is 0 Å². The van der Waals surface area contributed by atoms with Gasteiger partial charge in [0.15, 0.2) is 11.5 Å². The van der Waals surface area contributed by atoms with Crippen LogP contribution in [-0.4, -0.2) is 53.7 Å². The smallest absolute Gasteiger partial charge is 0.459 e. The predicted molar refractivity (Wildman–Crippen MR) is 147 cm³/mol. The highest BCUT2D eigenvalue weighted by Gasteiger charge is 2.28. The van der Waals surface area contributed by atoms with Crippen LogP contribution < -0.4 is 15.2 Å². The molecular formula is C29H45NO10. The molecule has 1 rings (SSSR count). The normalized spacial score (nSPS) is 14.8. The monoisotopic (exact) mass is 567 g/mol. The average molecular weight is 568 g/mol. The van der Waals surface area contributed by atoms with Crippen LogP contribution in [0.25, 0.3) is 0 Å². The lowest BCUT2D eigenvalue weighted by atomic mass is 9.98. The maximum absolute atomic E-state index is 12.7. The molecule has 226 valence electrons. The van der Waals surface area contributed by atoms with E-state index < -0.39 is 47.7 Å². The molecule has 0 saturated carbocycles. The van der Waals surface area contributed by atoms with Crippen molar-refractivity contribution >= 4 is 24.2 Å². The van der Waals surface area contributed by atoms with Crippen molar-refractivity contribution in [2.75, 3.05) is 0 Å². The second-order valence-electron chi connectivity index (χ2n) is 12.0. The molecule has 0 radical (unpaired) electrons. The van der Waals surface area contributed by atoms with Gasteiger partial charge in [-0.25, -0.2) is 9.59 Å². The number of benzene rings is 1. The van der Waals surface area contributed by atoms with Crippen molar-refractivity contribution in [1.29, 1.82) is 0 Å². The van der Waals surface area contributed by atoms with Crippen molar-refractivity contribution in [2.45, 2.75) is 112 Å². The number of carbonyl (C=O) groups excluding carboxylic acids is 4. The average Bonchev–Trinajstić information content (AvgIpc) is 2.77. The van der Waals surface area contributed by atoms with E-state index in [-0.39, 0.29) is 35.7 Å². The number of hydrogen-bond donors (Lipinski definition) is 1. The van der Waals surface area contributed by atoms with Gasteiger partial charge in [-0.1, -0.05) is 26.8 Å². The third-order valence-electron chi connectivity index (χ3n) is 5.57. The fourth-order valence-corrected chi connectivity index (χ4v) is 2.93. The summed E-state index contributed by atoms with van der Waals surface area (Å²) in [5.74, 6) is -1.51. The minimum absolute atomic E-state index is 0.00149. The zero-order chi connectivity index (χ0) is 31.0. The molecule has 0 aromatic heterocycles. The zero-order valence-corrected chi connectivity index (χ0v) is 25.5. The second-order valence-corrected chi connectivity index (χ2v) is 12.0. The van der Waals surface area contributed by atoms with Crippen LogP contribution >= 0.6 is 0 Å². The molecule has 0 heterocycles. The van der Waals surface area contributed by atoms with E-state index in [1.807, 2.05) is 13.8 Å². The highest BCUT2D eigenvalue weighted by Crippen LogP contribution is 2.31. The molecule has 0 spiro atoms. The maximum Gasteiger partial charge on any atom is 0.514 e. The van der Waals surface area contributed by atoms with E-state index in [4.69, 9.17) is 34.2 Å². The molecular weight excluding hydrogens is 522 g/mol. The topological polar surface area (TPSA) is 150 Å². The lowest BCUT2D eigenvalue weighted by molar-refractivity contribution is -0.169. The molecule has 0 aliphatic carbocycles. The largest absolute Gasteiger partial charge is 0.514 e. The molecule has 0 aliphatic rings. The first kappa shape index (κ1) is 34.7. The predicted octanol–water partition coefficient (Wildman–Crippen LogP) is 5.34.